The van der Waals surface area contributed by atoms with E-state index in [1.54, 1.807) is 12.1 Å². The summed E-state index contributed by atoms with van der Waals surface area (Å²) in [7, 11) is -3.40. The largest absolute Gasteiger partial charge is 0.506 e. The van der Waals surface area contributed by atoms with E-state index in [4.69, 9.17) is 0 Å². The van der Waals surface area contributed by atoms with E-state index in [-0.39, 0.29) is 27.3 Å². The summed E-state index contributed by atoms with van der Waals surface area (Å²) >= 11 is 0. The van der Waals surface area contributed by atoms with Crippen molar-refractivity contribution in [2.45, 2.75) is 31.1 Å². The molecule has 0 heterocycles. The maximum absolute atomic E-state index is 12.4. The quantitative estimate of drug-likeness (QED) is 0.834. The van der Waals surface area contributed by atoms with Crippen molar-refractivity contribution in [1.29, 1.82) is 0 Å². The highest BCUT2D eigenvalue weighted by atomic mass is 32.2. The molecule has 0 fully saturated rings. The van der Waals surface area contributed by atoms with Gasteiger partial charge in [-0.2, -0.15) is 0 Å². The summed E-state index contributed by atoms with van der Waals surface area (Å²) < 4.78 is 23.2. The molecule has 2 aromatic rings. The van der Waals surface area contributed by atoms with E-state index in [1.165, 1.54) is 30.3 Å². The minimum atomic E-state index is -3.40. The number of anilines is 1. The molecule has 0 atom stereocenters. The van der Waals surface area contributed by atoms with E-state index in [2.05, 4.69) is 5.32 Å². The zero-order valence-electron chi connectivity index (χ0n) is 14.1. The van der Waals surface area contributed by atoms with Gasteiger partial charge < -0.3 is 10.4 Å². The summed E-state index contributed by atoms with van der Waals surface area (Å²) in [4.78, 5) is 12.5. The van der Waals surface area contributed by atoms with Crippen molar-refractivity contribution in [1.82, 2.24) is 0 Å². The predicted molar refractivity (Wildman–Crippen MR) is 94.3 cm³/mol. The lowest BCUT2D eigenvalue weighted by molar-refractivity contribution is 0.102. The Balaban J connectivity index is 2.34. The fraction of sp³-hybridized carbons (Fsp3) is 0.278. The third-order valence-corrected chi connectivity index (χ3v) is 4.75. The number of benzene rings is 2. The fourth-order valence-electron chi connectivity index (χ4n) is 2.17. The Hall–Kier alpha value is -2.34. The van der Waals surface area contributed by atoms with Crippen LogP contribution in [0, 0.1) is 0 Å². The van der Waals surface area contributed by atoms with Crippen molar-refractivity contribution in [3.63, 3.8) is 0 Å². The number of nitrogens with one attached hydrogen (secondary N) is 1. The Bertz CT molecular complexity index is 880. The van der Waals surface area contributed by atoms with Gasteiger partial charge in [0.15, 0.2) is 9.84 Å². The highest BCUT2D eigenvalue weighted by Crippen LogP contribution is 2.31. The molecule has 0 bridgehead atoms. The van der Waals surface area contributed by atoms with Crippen molar-refractivity contribution in [3.05, 3.63) is 53.6 Å². The highest BCUT2D eigenvalue weighted by molar-refractivity contribution is 7.90. The molecule has 0 aliphatic carbocycles. The van der Waals surface area contributed by atoms with Crippen LogP contribution in [-0.2, 0) is 15.3 Å². The second-order valence-electron chi connectivity index (χ2n) is 6.74. The number of hydrogen-bond acceptors (Lipinski definition) is 4. The van der Waals surface area contributed by atoms with Crippen molar-refractivity contribution in [2.75, 3.05) is 11.6 Å². The number of amides is 1. The SMILES string of the molecule is CC(C)(C)c1ccc(O)c(NC(=O)c2cccc(S(C)(=O)=O)c2)c1. The molecule has 0 saturated carbocycles. The molecule has 2 N–H and O–H groups in total. The Kier molecular flexibility index (Phi) is 4.71. The normalized spacial score (nSPS) is 12.0. The van der Waals surface area contributed by atoms with Gasteiger partial charge in [0.2, 0.25) is 0 Å². The maximum atomic E-state index is 12.4. The van der Waals surface area contributed by atoms with Gasteiger partial charge in [-0.1, -0.05) is 32.9 Å². The highest BCUT2D eigenvalue weighted by Gasteiger charge is 2.17. The topological polar surface area (TPSA) is 83.5 Å². The van der Waals surface area contributed by atoms with Crippen molar-refractivity contribution < 1.29 is 18.3 Å². The van der Waals surface area contributed by atoms with Gasteiger partial charge in [0.05, 0.1) is 10.6 Å². The van der Waals surface area contributed by atoms with Crippen LogP contribution in [0.2, 0.25) is 0 Å². The molecule has 2 aromatic carbocycles. The first kappa shape index (κ1) is 18.0. The smallest absolute Gasteiger partial charge is 0.255 e. The average molecular weight is 347 g/mol. The predicted octanol–water partition coefficient (Wildman–Crippen LogP) is 3.35. The molecule has 128 valence electrons. The van der Waals surface area contributed by atoms with Gasteiger partial charge in [-0.3, -0.25) is 4.79 Å². The number of aromatic hydroxyl groups is 1. The Morgan fingerprint density at radius 1 is 1.08 bits per heavy atom. The van der Waals surface area contributed by atoms with E-state index < -0.39 is 15.7 Å². The molecular weight excluding hydrogens is 326 g/mol. The zero-order valence-corrected chi connectivity index (χ0v) is 14.9. The number of phenols is 1. The first-order valence-corrected chi connectivity index (χ1v) is 9.32. The van der Waals surface area contributed by atoms with Crippen LogP contribution in [0.25, 0.3) is 0 Å². The van der Waals surface area contributed by atoms with Crippen molar-refractivity contribution >= 4 is 21.4 Å². The van der Waals surface area contributed by atoms with Gasteiger partial charge >= 0.3 is 0 Å². The molecule has 0 aromatic heterocycles. The lowest BCUT2D eigenvalue weighted by Gasteiger charge is -2.20. The summed E-state index contributed by atoms with van der Waals surface area (Å²) in [5.41, 5.74) is 1.32. The minimum Gasteiger partial charge on any atom is -0.506 e. The van der Waals surface area contributed by atoms with Gasteiger partial charge in [-0.05, 0) is 41.3 Å². The molecule has 0 saturated heterocycles. The van der Waals surface area contributed by atoms with Gasteiger partial charge in [-0.15, -0.1) is 0 Å². The molecule has 5 nitrogen and oxygen atoms in total. The first-order chi connectivity index (χ1) is 11.0. The Morgan fingerprint density at radius 2 is 1.75 bits per heavy atom. The van der Waals surface area contributed by atoms with Crippen LogP contribution in [0.3, 0.4) is 0 Å². The van der Waals surface area contributed by atoms with E-state index in [0.29, 0.717) is 0 Å². The maximum Gasteiger partial charge on any atom is 0.255 e. The van der Waals surface area contributed by atoms with E-state index in [9.17, 15) is 18.3 Å². The number of hydrogen-bond donors (Lipinski definition) is 2. The number of sulfone groups is 1. The Labute approximate surface area is 142 Å². The summed E-state index contributed by atoms with van der Waals surface area (Å²) in [6, 6.07) is 10.8. The molecule has 0 aliphatic rings. The number of rotatable bonds is 3. The van der Waals surface area contributed by atoms with Crippen molar-refractivity contribution in [2.24, 2.45) is 0 Å². The minimum absolute atomic E-state index is 0.0457. The van der Waals surface area contributed by atoms with Gasteiger partial charge in [0, 0.05) is 11.8 Å². The molecule has 24 heavy (non-hydrogen) atoms. The molecular formula is C18H21NO4S. The van der Waals surface area contributed by atoms with Crippen LogP contribution in [0.5, 0.6) is 5.75 Å². The van der Waals surface area contributed by atoms with E-state index >= 15 is 0 Å². The molecule has 2 rings (SSSR count). The number of carbonyl (C=O) groups excluding carboxylic acids is 1. The second-order valence-corrected chi connectivity index (χ2v) is 8.75. The molecule has 6 heteroatoms. The molecule has 0 aliphatic heterocycles. The van der Waals surface area contributed by atoms with Crippen LogP contribution < -0.4 is 5.32 Å². The molecule has 1 amide bonds. The lowest BCUT2D eigenvalue weighted by atomic mass is 9.87. The molecule has 0 radical (unpaired) electrons. The first-order valence-electron chi connectivity index (χ1n) is 7.43. The number of carbonyl (C=O) groups is 1. The Morgan fingerprint density at radius 3 is 2.33 bits per heavy atom. The third kappa shape index (κ3) is 4.14. The summed E-state index contributed by atoms with van der Waals surface area (Å²) in [5.74, 6) is -0.530. The van der Waals surface area contributed by atoms with Crippen LogP contribution in [0.15, 0.2) is 47.4 Å². The van der Waals surface area contributed by atoms with Crippen molar-refractivity contribution in [3.8, 4) is 5.75 Å². The van der Waals surface area contributed by atoms with E-state index in [1.807, 2.05) is 20.8 Å². The van der Waals surface area contributed by atoms with Gasteiger partial charge in [-0.25, -0.2) is 8.42 Å². The van der Waals surface area contributed by atoms with Crippen LogP contribution in [0.1, 0.15) is 36.7 Å². The second kappa shape index (κ2) is 6.28. The molecule has 0 unspecified atom stereocenters. The average Bonchev–Trinajstić information content (AvgIpc) is 2.47. The van der Waals surface area contributed by atoms with Gasteiger partial charge in [0.25, 0.3) is 5.91 Å². The standard InChI is InChI=1S/C18H21NO4S/c1-18(2,3)13-8-9-16(20)15(11-13)19-17(21)12-6-5-7-14(10-12)24(4,22)23/h5-11,20H,1-4H3,(H,19,21). The van der Waals surface area contributed by atoms with Crippen LogP contribution >= 0.6 is 0 Å². The zero-order chi connectivity index (χ0) is 18.1. The van der Waals surface area contributed by atoms with E-state index in [0.717, 1.165) is 11.8 Å². The lowest BCUT2D eigenvalue weighted by Crippen LogP contribution is -2.15. The summed E-state index contributed by atoms with van der Waals surface area (Å²) in [6.45, 7) is 6.09. The number of phenolic OH excluding ortho intramolecular Hbond substituents is 1. The van der Waals surface area contributed by atoms with Crippen LogP contribution in [-0.4, -0.2) is 25.7 Å². The summed E-state index contributed by atoms with van der Waals surface area (Å²) in [6.07, 6.45) is 1.09. The monoisotopic (exact) mass is 347 g/mol. The molecule has 0 spiro atoms. The fourth-order valence-corrected chi connectivity index (χ4v) is 2.83. The summed E-state index contributed by atoms with van der Waals surface area (Å²) in [5, 5.41) is 12.6. The van der Waals surface area contributed by atoms with Gasteiger partial charge in [0.1, 0.15) is 5.75 Å². The van der Waals surface area contributed by atoms with Crippen LogP contribution in [0.4, 0.5) is 5.69 Å². The third-order valence-electron chi connectivity index (χ3n) is 3.64.